The first-order chi connectivity index (χ1) is 4.31. The van der Waals surface area contributed by atoms with Gasteiger partial charge in [-0.25, -0.2) is 4.79 Å². The smallest absolute Gasteiger partial charge is 0.432 e. The van der Waals surface area contributed by atoms with E-state index >= 15 is 0 Å². The summed E-state index contributed by atoms with van der Waals surface area (Å²) >= 11 is 0. The molecule has 0 bridgehead atoms. The van der Waals surface area contributed by atoms with Crippen LogP contribution >= 0.6 is 0 Å². The van der Waals surface area contributed by atoms with Crippen molar-refractivity contribution in [3.8, 4) is 0 Å². The minimum Gasteiger partial charge on any atom is -0.432 e. The zero-order chi connectivity index (χ0) is 7.11. The van der Waals surface area contributed by atoms with E-state index in [4.69, 9.17) is 5.11 Å². The van der Waals surface area contributed by atoms with Gasteiger partial charge < -0.3 is 14.6 Å². The minimum absolute atomic E-state index is 0.0212. The van der Waals surface area contributed by atoms with Crippen LogP contribution in [0.4, 0.5) is 4.79 Å². The van der Waals surface area contributed by atoms with Gasteiger partial charge in [0.1, 0.15) is 13.2 Å². The summed E-state index contributed by atoms with van der Waals surface area (Å²) in [6.07, 6.45) is -0.786. The van der Waals surface area contributed by atoms with Crippen LogP contribution in [0.15, 0.2) is 0 Å². The number of carbonyl (C=O) groups is 1. The van der Waals surface area contributed by atoms with Crippen LogP contribution in [0.2, 0.25) is 0 Å². The molecule has 0 aliphatic rings. The van der Waals surface area contributed by atoms with Crippen molar-refractivity contribution >= 4 is 6.16 Å². The summed E-state index contributed by atoms with van der Waals surface area (Å²) in [6.45, 7) is 2.56. The van der Waals surface area contributed by atoms with Crippen LogP contribution < -0.4 is 0 Å². The second-order valence-corrected chi connectivity index (χ2v) is 1.18. The van der Waals surface area contributed by atoms with Gasteiger partial charge in [-0.15, -0.1) is 0 Å². The fourth-order valence-electron chi connectivity index (χ4n) is 0.259. The third-order valence-corrected chi connectivity index (χ3v) is 0.525. The molecule has 0 atom stereocenters. The van der Waals surface area contributed by atoms with Crippen LogP contribution in [0.1, 0.15) is 6.92 Å². The van der Waals surface area contributed by atoms with Crippen LogP contribution in [0.5, 0.6) is 0 Å². The molecule has 0 aliphatic carbocycles. The topological polar surface area (TPSA) is 55.8 Å². The molecule has 0 unspecified atom stereocenters. The minimum atomic E-state index is -0.786. The lowest BCUT2D eigenvalue weighted by molar-refractivity contribution is 0.0603. The van der Waals surface area contributed by atoms with Crippen molar-refractivity contribution in [2.75, 3.05) is 13.2 Å². The first kappa shape index (κ1) is 8.23. The Bertz CT molecular complexity index is 81.0. The molecule has 4 heteroatoms. The summed E-state index contributed by atoms with van der Waals surface area (Å²) in [5.74, 6) is 0. The van der Waals surface area contributed by atoms with Gasteiger partial charge in [0.25, 0.3) is 0 Å². The molecule has 0 aromatic carbocycles. The molecule has 1 N–H and O–H groups in total. The van der Waals surface area contributed by atoms with Gasteiger partial charge in [0.2, 0.25) is 0 Å². The van der Waals surface area contributed by atoms with Crippen molar-refractivity contribution in [3.63, 3.8) is 0 Å². The zero-order valence-electron chi connectivity index (χ0n) is 5.16. The Kier molecular flexibility index (Phi) is 4.91. The predicted octanol–water partition coefficient (Wildman–Crippen LogP) is 0.314. The van der Waals surface area contributed by atoms with Crippen LogP contribution in [0.25, 0.3) is 0 Å². The summed E-state index contributed by atoms with van der Waals surface area (Å²) in [7, 11) is 0. The third-order valence-electron chi connectivity index (χ3n) is 0.525. The molecule has 0 heterocycles. The summed E-state index contributed by atoms with van der Waals surface area (Å²) in [6, 6.07) is 0. The fraction of sp³-hybridized carbons (Fsp3) is 0.600. The average Bonchev–Trinajstić information content (AvgIpc) is 1.85. The largest absolute Gasteiger partial charge is 0.508 e. The fourth-order valence-corrected chi connectivity index (χ4v) is 0.259. The summed E-state index contributed by atoms with van der Waals surface area (Å²) in [5.41, 5.74) is 0. The second-order valence-electron chi connectivity index (χ2n) is 1.18. The van der Waals surface area contributed by atoms with Crippen molar-refractivity contribution in [1.82, 2.24) is 0 Å². The van der Waals surface area contributed by atoms with Gasteiger partial charge in [0, 0.05) is 0 Å². The van der Waals surface area contributed by atoms with Gasteiger partial charge in [0.05, 0.1) is 6.61 Å². The molecule has 1 radical (unpaired) electrons. The maximum atomic E-state index is 10.2. The lowest BCUT2D eigenvalue weighted by Gasteiger charge is -1.99. The number of carbonyl (C=O) groups excluding carboxylic acids is 1. The van der Waals surface area contributed by atoms with E-state index in [0.29, 0.717) is 0 Å². The quantitative estimate of drug-likeness (QED) is 0.563. The monoisotopic (exact) mass is 133 g/mol. The molecular formula is C5H9O4. The first-order valence-corrected chi connectivity index (χ1v) is 2.53. The highest BCUT2D eigenvalue weighted by atomic mass is 16.7. The molecule has 9 heavy (non-hydrogen) atoms. The Morgan fingerprint density at radius 1 is 1.78 bits per heavy atom. The van der Waals surface area contributed by atoms with Crippen molar-refractivity contribution < 1.29 is 19.4 Å². The molecule has 0 rings (SSSR count). The number of hydrogen-bond donors (Lipinski definition) is 1. The summed E-state index contributed by atoms with van der Waals surface area (Å²) in [4.78, 5) is 10.2. The highest BCUT2D eigenvalue weighted by Gasteiger charge is 1.98. The Hall–Kier alpha value is -0.770. The van der Waals surface area contributed by atoms with Crippen molar-refractivity contribution in [2.24, 2.45) is 0 Å². The third kappa shape index (κ3) is 5.10. The molecule has 0 saturated carbocycles. The standard InChI is InChI=1S/C5H9O4/c1-2-8-5(7)9-4-3-6/h2,6H,3-4H2,1H3. The van der Waals surface area contributed by atoms with Crippen LogP contribution in [-0.4, -0.2) is 24.5 Å². The molecule has 0 amide bonds. The van der Waals surface area contributed by atoms with E-state index in [1.165, 1.54) is 6.61 Å². The van der Waals surface area contributed by atoms with Gasteiger partial charge in [-0.05, 0) is 6.92 Å². The van der Waals surface area contributed by atoms with Gasteiger partial charge >= 0.3 is 6.16 Å². The normalized spacial score (nSPS) is 8.67. The Balaban J connectivity index is 3.06. The van der Waals surface area contributed by atoms with E-state index in [9.17, 15) is 4.79 Å². The maximum Gasteiger partial charge on any atom is 0.508 e. The van der Waals surface area contributed by atoms with E-state index in [1.54, 1.807) is 6.92 Å². The van der Waals surface area contributed by atoms with E-state index in [2.05, 4.69) is 9.47 Å². The van der Waals surface area contributed by atoms with E-state index in [1.807, 2.05) is 0 Å². The number of rotatable bonds is 3. The molecule has 0 aliphatic heterocycles. The maximum absolute atomic E-state index is 10.2. The summed E-state index contributed by atoms with van der Waals surface area (Å²) < 4.78 is 8.54. The van der Waals surface area contributed by atoms with Gasteiger partial charge in [0.15, 0.2) is 0 Å². The number of aliphatic hydroxyl groups excluding tert-OH is 1. The van der Waals surface area contributed by atoms with Crippen LogP contribution in [0.3, 0.4) is 0 Å². The molecule has 4 nitrogen and oxygen atoms in total. The molecule has 0 saturated heterocycles. The SMILES string of the molecule is C[CH]OC(=O)OCCO. The van der Waals surface area contributed by atoms with Crippen molar-refractivity contribution in [1.29, 1.82) is 0 Å². The Morgan fingerprint density at radius 3 is 2.89 bits per heavy atom. The number of hydrogen-bond acceptors (Lipinski definition) is 4. The first-order valence-electron chi connectivity index (χ1n) is 2.53. The number of aliphatic hydroxyl groups is 1. The highest BCUT2D eigenvalue weighted by molar-refractivity contribution is 5.60. The number of ether oxygens (including phenoxy) is 2. The summed E-state index contributed by atoms with van der Waals surface area (Å²) in [5, 5.41) is 8.14. The molecular weight excluding hydrogens is 124 g/mol. The zero-order valence-corrected chi connectivity index (χ0v) is 5.16. The molecule has 0 aromatic heterocycles. The Morgan fingerprint density at radius 2 is 2.44 bits per heavy atom. The van der Waals surface area contributed by atoms with Gasteiger partial charge in [-0.1, -0.05) is 0 Å². The molecule has 0 fully saturated rings. The molecule has 53 valence electrons. The molecule has 0 aromatic rings. The van der Waals surface area contributed by atoms with Crippen LogP contribution in [0, 0.1) is 6.61 Å². The van der Waals surface area contributed by atoms with E-state index < -0.39 is 6.16 Å². The molecule has 0 spiro atoms. The Labute approximate surface area is 53.4 Å². The van der Waals surface area contributed by atoms with E-state index in [-0.39, 0.29) is 13.2 Å². The van der Waals surface area contributed by atoms with E-state index in [0.717, 1.165) is 0 Å². The van der Waals surface area contributed by atoms with Gasteiger partial charge in [-0.2, -0.15) is 0 Å². The lowest BCUT2D eigenvalue weighted by atomic mass is 10.8. The second kappa shape index (κ2) is 5.37. The average molecular weight is 133 g/mol. The van der Waals surface area contributed by atoms with Crippen LogP contribution in [-0.2, 0) is 9.47 Å². The van der Waals surface area contributed by atoms with Gasteiger partial charge in [-0.3, -0.25) is 0 Å². The van der Waals surface area contributed by atoms with Crippen molar-refractivity contribution in [2.45, 2.75) is 6.92 Å². The lowest BCUT2D eigenvalue weighted by Crippen LogP contribution is -2.08. The van der Waals surface area contributed by atoms with Crippen molar-refractivity contribution in [3.05, 3.63) is 6.61 Å². The predicted molar refractivity (Wildman–Crippen MR) is 29.5 cm³/mol. The highest BCUT2D eigenvalue weighted by Crippen LogP contribution is 1.85.